The van der Waals surface area contributed by atoms with Gasteiger partial charge in [-0.2, -0.15) is 0 Å². The number of halogens is 2. The standard InChI is InChI=1S/C48H50F2N8O8S2/c1-6-17-68(65,66)57-36-16-15-35(49)40(41(36)50)42(62)34-23-52-45-33(34)18-30(22-51-45)28-11-13-31(14-12-28)55-38(60)20-39(61)56-44(48(3,4)5)47(64)58-24-32(59)19-37(58)46(63)53-21-27-7-9-29(10-8-27)43-26(2)54-25-67-43/h7-16,18,22-23,25,32,37,44,57,59H,6,17,19-21,24H2,1-5H3,(H,51,52)(H,53,63)(H,55,60)(H,56,61)/t32-,37+,44?/m1/s1. The molecule has 0 saturated carbocycles. The largest absolute Gasteiger partial charge is 0.391 e. The van der Waals surface area contributed by atoms with E-state index < -0.39 is 92.3 Å². The molecule has 1 unspecified atom stereocenters. The predicted molar refractivity (Wildman–Crippen MR) is 254 cm³/mol. The van der Waals surface area contributed by atoms with E-state index in [2.05, 4.69) is 35.6 Å². The number of H-pyrrole nitrogens is 1. The van der Waals surface area contributed by atoms with Gasteiger partial charge in [-0.15, -0.1) is 11.3 Å². The summed E-state index contributed by atoms with van der Waals surface area (Å²) >= 11 is 1.54. The number of nitrogens with one attached hydrogen (secondary N) is 5. The molecule has 356 valence electrons. The molecule has 7 rings (SSSR count). The Morgan fingerprint density at radius 3 is 2.32 bits per heavy atom. The molecule has 16 nitrogen and oxygen atoms in total. The van der Waals surface area contributed by atoms with E-state index in [-0.39, 0.29) is 48.3 Å². The van der Waals surface area contributed by atoms with Gasteiger partial charge >= 0.3 is 0 Å². The number of aryl methyl sites for hydroxylation is 1. The third-order valence-electron chi connectivity index (χ3n) is 11.4. The highest BCUT2D eigenvalue weighted by Gasteiger charge is 2.44. The topological polar surface area (TPSA) is 233 Å². The zero-order valence-corrected chi connectivity index (χ0v) is 39.4. The number of carbonyl (C=O) groups excluding carboxylic acids is 5. The van der Waals surface area contributed by atoms with Crippen LogP contribution in [-0.2, 0) is 35.7 Å². The van der Waals surface area contributed by atoms with E-state index in [4.69, 9.17) is 0 Å². The molecular weight excluding hydrogens is 919 g/mol. The first-order valence-corrected chi connectivity index (χ1v) is 24.2. The molecule has 3 atom stereocenters. The molecule has 6 aromatic rings. The summed E-state index contributed by atoms with van der Waals surface area (Å²) in [6, 6.07) is 15.3. The number of ketones is 1. The first-order chi connectivity index (χ1) is 32.2. The minimum atomic E-state index is -3.95. The summed E-state index contributed by atoms with van der Waals surface area (Å²) in [5.41, 5.74) is 3.74. The van der Waals surface area contributed by atoms with Crippen LogP contribution in [0, 0.1) is 24.0 Å². The van der Waals surface area contributed by atoms with Crippen molar-refractivity contribution in [1.29, 1.82) is 0 Å². The molecule has 4 amide bonds. The number of amides is 4. The van der Waals surface area contributed by atoms with Crippen LogP contribution in [-0.4, -0.2) is 93.3 Å². The summed E-state index contributed by atoms with van der Waals surface area (Å²) in [4.78, 5) is 81.4. The van der Waals surface area contributed by atoms with Crippen molar-refractivity contribution in [2.24, 2.45) is 5.41 Å². The zero-order valence-electron chi connectivity index (χ0n) is 37.8. The minimum absolute atomic E-state index is 0.0111. The third-order valence-corrected chi connectivity index (χ3v) is 13.8. The fourth-order valence-corrected chi connectivity index (χ4v) is 9.84. The van der Waals surface area contributed by atoms with Gasteiger partial charge in [0, 0.05) is 54.1 Å². The molecule has 20 heteroatoms. The van der Waals surface area contributed by atoms with Crippen LogP contribution in [0.15, 0.2) is 84.6 Å². The average Bonchev–Trinajstić information content (AvgIpc) is 4.03. The summed E-state index contributed by atoms with van der Waals surface area (Å²) in [5.74, 6) is -6.34. The lowest BCUT2D eigenvalue weighted by molar-refractivity contribution is -0.144. The van der Waals surface area contributed by atoms with Crippen molar-refractivity contribution in [2.75, 3.05) is 22.3 Å². The Balaban J connectivity index is 0.968. The van der Waals surface area contributed by atoms with Crippen molar-refractivity contribution in [3.63, 3.8) is 0 Å². The lowest BCUT2D eigenvalue weighted by Crippen LogP contribution is -2.58. The van der Waals surface area contributed by atoms with Crippen molar-refractivity contribution in [1.82, 2.24) is 30.5 Å². The molecule has 1 fully saturated rings. The molecule has 0 spiro atoms. The number of fused-ring (bicyclic) bond motifs is 1. The first kappa shape index (κ1) is 49.0. The summed E-state index contributed by atoms with van der Waals surface area (Å²) < 4.78 is 57.2. The Hall–Kier alpha value is -6.90. The van der Waals surface area contributed by atoms with E-state index in [1.54, 1.807) is 63.5 Å². The molecule has 0 radical (unpaired) electrons. The normalized spacial score (nSPS) is 15.5. The molecule has 4 heterocycles. The molecule has 1 saturated heterocycles. The summed E-state index contributed by atoms with van der Waals surface area (Å²) in [6.45, 7) is 8.84. The quantitative estimate of drug-likeness (QED) is 0.0458. The second-order valence-corrected chi connectivity index (χ2v) is 20.3. The number of aromatic amines is 1. The Morgan fingerprint density at radius 1 is 0.956 bits per heavy atom. The van der Waals surface area contributed by atoms with Crippen molar-refractivity contribution >= 4 is 73.2 Å². The van der Waals surface area contributed by atoms with Crippen molar-refractivity contribution in [3.8, 4) is 21.6 Å². The molecular formula is C48H50F2N8O8S2. The lowest BCUT2D eigenvalue weighted by Gasteiger charge is -2.35. The SMILES string of the molecule is CCCS(=O)(=O)Nc1ccc(F)c(C(=O)c2c[nH]c3ncc(-c4ccc(NC(=O)CC(=O)NC(C(=O)N5C[C@H](O)C[C@H]5C(=O)NCc5ccc(-c6scnc6C)cc5)C(C)(C)C)cc4)cc23)c1F. The van der Waals surface area contributed by atoms with Gasteiger partial charge in [0.2, 0.25) is 39.4 Å². The second kappa shape index (κ2) is 20.1. The van der Waals surface area contributed by atoms with Crippen molar-refractivity contribution < 1.29 is 46.3 Å². The van der Waals surface area contributed by atoms with Crippen LogP contribution < -0.4 is 20.7 Å². The monoisotopic (exact) mass is 968 g/mol. The van der Waals surface area contributed by atoms with Crippen LogP contribution in [0.2, 0.25) is 0 Å². The number of nitrogens with zero attached hydrogens (tertiary/aromatic N) is 3. The number of rotatable bonds is 16. The van der Waals surface area contributed by atoms with E-state index >= 15 is 4.39 Å². The van der Waals surface area contributed by atoms with Gasteiger partial charge in [0.05, 0.1) is 39.2 Å². The summed E-state index contributed by atoms with van der Waals surface area (Å²) in [6.07, 6.45) is 1.41. The molecule has 1 aliphatic rings. The molecule has 3 aromatic carbocycles. The van der Waals surface area contributed by atoms with E-state index in [0.29, 0.717) is 16.8 Å². The van der Waals surface area contributed by atoms with E-state index in [9.17, 15) is 41.9 Å². The molecule has 6 N–H and O–H groups in total. The highest BCUT2D eigenvalue weighted by molar-refractivity contribution is 7.92. The molecule has 1 aliphatic heterocycles. The highest BCUT2D eigenvalue weighted by Crippen LogP contribution is 2.32. The maximum Gasteiger partial charge on any atom is 0.246 e. The lowest BCUT2D eigenvalue weighted by atomic mass is 9.85. The number of aliphatic hydroxyl groups excluding tert-OH is 1. The van der Waals surface area contributed by atoms with Gasteiger partial charge in [0.1, 0.15) is 30.0 Å². The van der Waals surface area contributed by atoms with Crippen LogP contribution in [0.1, 0.15) is 74.1 Å². The number of carbonyl (C=O) groups is 5. The van der Waals surface area contributed by atoms with Gasteiger partial charge in [-0.3, -0.25) is 28.7 Å². The molecule has 0 bridgehead atoms. The second-order valence-electron chi connectivity index (χ2n) is 17.6. The Labute approximate surface area is 395 Å². The summed E-state index contributed by atoms with van der Waals surface area (Å²) in [5, 5.41) is 19.0. The predicted octanol–water partition coefficient (Wildman–Crippen LogP) is 6.46. The fraction of sp³-hybridized carbons (Fsp3) is 0.312. The van der Waals surface area contributed by atoms with Crippen LogP contribution in [0.4, 0.5) is 20.2 Å². The van der Waals surface area contributed by atoms with Crippen LogP contribution in [0.5, 0.6) is 0 Å². The van der Waals surface area contributed by atoms with Gasteiger partial charge in [0.15, 0.2) is 5.82 Å². The maximum atomic E-state index is 15.5. The number of hydrogen-bond donors (Lipinski definition) is 6. The van der Waals surface area contributed by atoms with Crippen molar-refractivity contribution in [3.05, 3.63) is 119 Å². The minimum Gasteiger partial charge on any atom is -0.391 e. The summed E-state index contributed by atoms with van der Waals surface area (Å²) in [7, 11) is -3.95. The number of anilines is 2. The number of pyridine rings is 1. The van der Waals surface area contributed by atoms with Gasteiger partial charge in [-0.25, -0.2) is 27.2 Å². The number of hydrogen-bond acceptors (Lipinski definition) is 11. The Bertz CT molecular complexity index is 3010. The van der Waals surface area contributed by atoms with Gasteiger partial charge in [-0.05, 0) is 65.8 Å². The van der Waals surface area contributed by atoms with Crippen LogP contribution in [0.3, 0.4) is 0 Å². The number of sulfonamides is 1. The van der Waals surface area contributed by atoms with Crippen LogP contribution >= 0.6 is 11.3 Å². The fourth-order valence-electron chi connectivity index (χ4n) is 7.90. The third kappa shape index (κ3) is 11.1. The van der Waals surface area contributed by atoms with E-state index in [1.807, 2.05) is 31.2 Å². The Morgan fingerprint density at radius 2 is 1.66 bits per heavy atom. The number of thiazole rings is 1. The molecule has 0 aliphatic carbocycles. The maximum absolute atomic E-state index is 15.5. The van der Waals surface area contributed by atoms with Gasteiger partial charge < -0.3 is 30.9 Å². The van der Waals surface area contributed by atoms with Gasteiger partial charge in [0.25, 0.3) is 0 Å². The zero-order chi connectivity index (χ0) is 49.1. The van der Waals surface area contributed by atoms with Crippen molar-refractivity contribution in [2.45, 2.75) is 78.6 Å². The highest BCUT2D eigenvalue weighted by atomic mass is 32.2. The number of aliphatic hydroxyl groups is 1. The van der Waals surface area contributed by atoms with Crippen LogP contribution in [0.25, 0.3) is 32.6 Å². The number of likely N-dealkylation sites (tertiary alicyclic amines) is 1. The molecule has 68 heavy (non-hydrogen) atoms. The average molecular weight is 969 g/mol. The number of β-amino-alcohol motifs (C(OH)–C–C–N with tert-alkyl or cyclic N) is 1. The van der Waals surface area contributed by atoms with Gasteiger partial charge in [-0.1, -0.05) is 64.1 Å². The Kier molecular flexibility index (Phi) is 14.5. The van der Waals surface area contributed by atoms with E-state index in [0.717, 1.165) is 33.8 Å². The number of benzene rings is 3. The smallest absolute Gasteiger partial charge is 0.246 e. The number of aromatic nitrogens is 3. The molecule has 3 aromatic heterocycles. The first-order valence-electron chi connectivity index (χ1n) is 21.7. The van der Waals surface area contributed by atoms with E-state index in [1.165, 1.54) is 28.6 Å².